The van der Waals surface area contributed by atoms with Crippen molar-refractivity contribution in [3.05, 3.63) is 92.7 Å². The van der Waals surface area contributed by atoms with Crippen LogP contribution in [-0.4, -0.2) is 62.4 Å². The summed E-state index contributed by atoms with van der Waals surface area (Å²) in [6.45, 7) is 3.84. The van der Waals surface area contributed by atoms with Gasteiger partial charge in [0.1, 0.15) is 28.8 Å². The van der Waals surface area contributed by atoms with Gasteiger partial charge in [-0.25, -0.2) is 33.8 Å². The Morgan fingerprint density at radius 3 is 1.65 bits per heavy atom. The molecule has 21 heteroatoms. The van der Waals surface area contributed by atoms with Crippen LogP contribution in [-0.2, 0) is 17.2 Å². The first-order chi connectivity index (χ1) is 23.7. The zero-order chi connectivity index (χ0) is 38.7. The molecule has 10 nitrogen and oxygen atoms in total. The maximum absolute atomic E-state index is 13.3. The second-order valence-corrected chi connectivity index (χ2v) is 12.7. The van der Waals surface area contributed by atoms with Crippen molar-refractivity contribution in [2.75, 3.05) is 37.1 Å². The van der Waals surface area contributed by atoms with E-state index in [1.54, 1.807) is 0 Å². The largest absolute Gasteiger partial charge is 0.417 e. The van der Waals surface area contributed by atoms with E-state index in [-0.39, 0.29) is 33.1 Å². The first-order valence-corrected chi connectivity index (χ1v) is 16.8. The van der Waals surface area contributed by atoms with E-state index in [9.17, 15) is 44.7 Å². The van der Waals surface area contributed by atoms with Gasteiger partial charge in [-0.3, -0.25) is 14.4 Å². The van der Waals surface area contributed by atoms with Crippen LogP contribution in [0, 0.1) is 11.6 Å². The molecule has 2 aromatic carbocycles. The summed E-state index contributed by atoms with van der Waals surface area (Å²) < 4.78 is 100. The number of nitrogens with zero attached hydrogens (tertiary/aromatic N) is 5. The summed E-state index contributed by atoms with van der Waals surface area (Å²) in [6, 6.07) is 3.93. The number of nitrogens with two attached hydrogens (primary N) is 2. The number of nitrogen functional groups attached to an aromatic ring is 2. The van der Waals surface area contributed by atoms with Gasteiger partial charge >= 0.3 is 12.4 Å². The van der Waals surface area contributed by atoms with Crippen LogP contribution >= 0.6 is 39.5 Å². The predicted molar refractivity (Wildman–Crippen MR) is 179 cm³/mol. The zero-order valence-corrected chi connectivity index (χ0v) is 30.1. The van der Waals surface area contributed by atoms with Crippen LogP contribution in [0.2, 0.25) is 0 Å². The molecule has 4 aromatic rings. The summed E-state index contributed by atoms with van der Waals surface area (Å²) in [5.74, 6) is -1.68. The normalized spacial score (nSPS) is 11.2. The van der Waals surface area contributed by atoms with Crippen molar-refractivity contribution in [3.8, 4) is 0 Å². The van der Waals surface area contributed by atoms with Crippen LogP contribution < -0.4 is 11.5 Å². The number of carbonyl (C=O) groups excluding carboxylic acids is 2. The number of carbonyl (C=O) groups is 2. The molecular formula is C30H28BrF8N7O3S2. The Labute approximate surface area is 302 Å². The Kier molecular flexibility index (Phi) is 16.0. The maximum atomic E-state index is 13.3. The van der Waals surface area contributed by atoms with E-state index in [1.165, 1.54) is 43.9 Å². The number of anilines is 2. The molecule has 276 valence electrons. The summed E-state index contributed by atoms with van der Waals surface area (Å²) in [7, 11) is 2.90. The molecule has 0 saturated heterocycles. The van der Waals surface area contributed by atoms with Gasteiger partial charge in [0.25, 0.3) is 5.91 Å². The number of thioether (sulfide) groups is 2. The quantitative estimate of drug-likeness (QED) is 0.0585. The van der Waals surface area contributed by atoms with Gasteiger partial charge in [-0.05, 0) is 47.9 Å². The molecule has 0 aliphatic heterocycles. The van der Waals surface area contributed by atoms with E-state index in [0.717, 1.165) is 29.1 Å². The number of rotatable bonds is 8. The predicted octanol–water partition coefficient (Wildman–Crippen LogP) is 7.97. The molecule has 0 bridgehead atoms. The molecule has 0 aliphatic rings. The zero-order valence-electron chi connectivity index (χ0n) is 26.9. The van der Waals surface area contributed by atoms with Gasteiger partial charge in [-0.2, -0.15) is 26.3 Å². The van der Waals surface area contributed by atoms with Gasteiger partial charge in [-0.1, -0.05) is 53.3 Å². The van der Waals surface area contributed by atoms with Crippen molar-refractivity contribution in [3.63, 3.8) is 0 Å². The number of halogens is 9. The topological polar surface area (TPSA) is 150 Å². The lowest BCUT2D eigenvalue weighted by Gasteiger charge is -2.14. The number of alkyl halides is 6. The number of hydrogen-bond donors (Lipinski definition) is 2. The van der Waals surface area contributed by atoms with Crippen LogP contribution in [0.5, 0.6) is 0 Å². The summed E-state index contributed by atoms with van der Waals surface area (Å²) in [5, 5.41) is 1.94. The van der Waals surface area contributed by atoms with Gasteiger partial charge in [0.15, 0.2) is 16.1 Å². The molecule has 2 heterocycles. The van der Waals surface area contributed by atoms with E-state index < -0.39 is 46.5 Å². The fourth-order valence-corrected chi connectivity index (χ4v) is 5.23. The standard InChI is InChI=1S/C14H11F4N3OS.C9H14N4O2S.C7H3BrF4/c1-2-23-13-20-6-9(12(19)21-13)11(22)8-5-7(15)3-4-10(8)14(16,17)18;1-4-16-9-11-5-6(7(10)12-9)8(14)13(2)15-3;8-6-3-4(9)1-2-5(6)7(10,11)12/h3-6H,2H2,1H3,(H2,19,20,21);5H,4H2,1-3H3,(H2,10,11,12);1-3H. The number of hydroxylamine groups is 2. The number of hydrogen-bond acceptors (Lipinski definition) is 11. The molecule has 0 atom stereocenters. The molecule has 2 aromatic heterocycles. The highest BCUT2D eigenvalue weighted by Crippen LogP contribution is 2.35. The second-order valence-electron chi connectivity index (χ2n) is 9.39. The van der Waals surface area contributed by atoms with Crippen LogP contribution in [0.25, 0.3) is 0 Å². The highest BCUT2D eigenvalue weighted by Gasteiger charge is 2.36. The molecule has 0 unspecified atom stereocenters. The lowest BCUT2D eigenvalue weighted by Crippen LogP contribution is -2.26. The summed E-state index contributed by atoms with van der Waals surface area (Å²) in [4.78, 5) is 44.6. The lowest BCUT2D eigenvalue weighted by atomic mass is 9.99. The van der Waals surface area contributed by atoms with Crippen molar-refractivity contribution in [2.45, 2.75) is 36.5 Å². The third-order valence-corrected chi connectivity index (χ3v) is 8.09. The molecule has 0 spiro atoms. The van der Waals surface area contributed by atoms with Crippen molar-refractivity contribution < 1.29 is 49.5 Å². The highest BCUT2D eigenvalue weighted by molar-refractivity contribution is 9.10. The average molecular weight is 831 g/mol. The summed E-state index contributed by atoms with van der Waals surface area (Å²) in [5.41, 5.74) is 8.30. The molecule has 4 rings (SSSR count). The minimum atomic E-state index is -4.80. The Balaban J connectivity index is 0.000000281. The van der Waals surface area contributed by atoms with Gasteiger partial charge in [0.05, 0.1) is 23.8 Å². The molecule has 0 aliphatic carbocycles. The summed E-state index contributed by atoms with van der Waals surface area (Å²) >= 11 is 5.35. The Morgan fingerprint density at radius 1 is 0.784 bits per heavy atom. The number of aromatic nitrogens is 4. The average Bonchev–Trinajstić information content (AvgIpc) is 3.03. The van der Waals surface area contributed by atoms with Crippen molar-refractivity contribution in [2.24, 2.45) is 0 Å². The van der Waals surface area contributed by atoms with E-state index >= 15 is 0 Å². The van der Waals surface area contributed by atoms with Crippen molar-refractivity contribution in [1.82, 2.24) is 25.0 Å². The monoisotopic (exact) mass is 829 g/mol. The Hall–Kier alpha value is -4.08. The Bertz CT molecular complexity index is 1840. The van der Waals surface area contributed by atoms with Gasteiger partial charge < -0.3 is 11.5 Å². The molecule has 0 saturated carbocycles. The van der Waals surface area contributed by atoms with Crippen LogP contribution in [0.1, 0.15) is 51.3 Å². The third-order valence-electron chi connectivity index (χ3n) is 5.94. The van der Waals surface area contributed by atoms with Crippen molar-refractivity contribution in [1.29, 1.82) is 0 Å². The third kappa shape index (κ3) is 12.6. The van der Waals surface area contributed by atoms with E-state index in [2.05, 4.69) is 35.9 Å². The maximum Gasteiger partial charge on any atom is 0.417 e. The fourth-order valence-electron chi connectivity index (χ4n) is 3.56. The van der Waals surface area contributed by atoms with E-state index in [4.69, 9.17) is 16.3 Å². The van der Waals surface area contributed by atoms with Crippen LogP contribution in [0.4, 0.5) is 46.8 Å². The van der Waals surface area contributed by atoms with E-state index in [1.807, 2.05) is 13.8 Å². The molecular weight excluding hydrogens is 802 g/mol. The lowest BCUT2D eigenvalue weighted by molar-refractivity contribution is -0.138. The second kappa shape index (κ2) is 19.0. The van der Waals surface area contributed by atoms with Crippen molar-refractivity contribution >= 4 is 62.8 Å². The van der Waals surface area contributed by atoms with E-state index in [0.29, 0.717) is 40.3 Å². The first kappa shape index (κ1) is 43.1. The molecule has 1 amide bonds. The molecule has 51 heavy (non-hydrogen) atoms. The number of amides is 1. The number of ketones is 1. The van der Waals surface area contributed by atoms with Gasteiger partial charge in [0.2, 0.25) is 0 Å². The number of benzene rings is 2. The highest BCUT2D eigenvalue weighted by atomic mass is 79.9. The minimum absolute atomic E-state index is 0.167. The minimum Gasteiger partial charge on any atom is -0.383 e. The van der Waals surface area contributed by atoms with Crippen LogP contribution in [0.15, 0.2) is 63.6 Å². The Morgan fingerprint density at radius 2 is 1.24 bits per heavy atom. The smallest absolute Gasteiger partial charge is 0.383 e. The fraction of sp³-hybridized carbons (Fsp3) is 0.267. The van der Waals surface area contributed by atoms with Gasteiger partial charge in [0, 0.05) is 29.5 Å². The van der Waals surface area contributed by atoms with Crippen LogP contribution in [0.3, 0.4) is 0 Å². The first-order valence-electron chi connectivity index (χ1n) is 14.0. The molecule has 4 N–H and O–H groups in total. The molecule has 0 radical (unpaired) electrons. The van der Waals surface area contributed by atoms with Gasteiger partial charge in [-0.15, -0.1) is 0 Å². The SMILES string of the molecule is CCSc1ncc(C(=O)N(C)OC)c(N)n1.CCSc1ncc(C(=O)c2cc(F)ccc2C(F)(F)F)c(N)n1.Fc1ccc(C(F)(F)F)c(Br)c1. The summed E-state index contributed by atoms with van der Waals surface area (Å²) in [6.07, 6.45) is -6.77. The molecule has 0 fully saturated rings.